The number of ketones is 1. The third-order valence-corrected chi connectivity index (χ3v) is 5.06. The Kier molecular flexibility index (Phi) is 6.64. The van der Waals surface area contributed by atoms with Gasteiger partial charge in [0.1, 0.15) is 12.4 Å². The highest BCUT2D eigenvalue weighted by atomic mass is 79.9. The maximum Gasteiger partial charge on any atom is 0.185 e. The van der Waals surface area contributed by atoms with Crippen LogP contribution in [0.5, 0.6) is 5.75 Å². The number of hydrogen-bond donors (Lipinski definition) is 0. The van der Waals surface area contributed by atoms with Gasteiger partial charge in [-0.2, -0.15) is 0 Å². The smallest absolute Gasteiger partial charge is 0.185 e. The minimum atomic E-state index is -0.0416. The number of ether oxygens (including phenoxy) is 1. The molecule has 0 heterocycles. The van der Waals surface area contributed by atoms with E-state index in [-0.39, 0.29) is 5.78 Å². The van der Waals surface area contributed by atoms with Crippen LogP contribution >= 0.6 is 31.9 Å². The summed E-state index contributed by atoms with van der Waals surface area (Å²) in [7, 11) is 0. The quantitative estimate of drug-likeness (QED) is 0.277. The van der Waals surface area contributed by atoms with Crippen molar-refractivity contribution >= 4 is 43.7 Å². The van der Waals surface area contributed by atoms with Crippen molar-refractivity contribution in [3.8, 4) is 5.75 Å². The first-order valence-corrected chi connectivity index (χ1v) is 10.1. The van der Waals surface area contributed by atoms with Crippen LogP contribution in [0.1, 0.15) is 27.0 Å². The zero-order valence-corrected chi connectivity index (χ0v) is 18.0. The lowest BCUT2D eigenvalue weighted by molar-refractivity contribution is 0.104. The summed E-state index contributed by atoms with van der Waals surface area (Å²) in [5.74, 6) is 0.662. The summed E-state index contributed by atoms with van der Waals surface area (Å²) in [5.41, 5.74) is 3.70. The van der Waals surface area contributed by atoms with Crippen molar-refractivity contribution in [2.24, 2.45) is 0 Å². The molecule has 136 valence electrons. The van der Waals surface area contributed by atoms with Gasteiger partial charge < -0.3 is 4.74 Å². The van der Waals surface area contributed by atoms with Crippen LogP contribution in [0.3, 0.4) is 0 Å². The number of rotatable bonds is 6. The first-order valence-electron chi connectivity index (χ1n) is 8.48. The van der Waals surface area contributed by atoms with E-state index in [1.54, 1.807) is 12.2 Å². The second-order valence-corrected chi connectivity index (χ2v) is 7.91. The number of carbonyl (C=O) groups is 1. The Labute approximate surface area is 176 Å². The summed E-state index contributed by atoms with van der Waals surface area (Å²) < 4.78 is 7.77. The van der Waals surface area contributed by atoms with Crippen LogP contribution < -0.4 is 4.74 Å². The van der Waals surface area contributed by atoms with Gasteiger partial charge in [-0.25, -0.2) is 0 Å². The molecule has 0 spiro atoms. The minimum absolute atomic E-state index is 0.0416. The van der Waals surface area contributed by atoms with Gasteiger partial charge in [-0.1, -0.05) is 76.1 Å². The third kappa shape index (κ3) is 5.41. The topological polar surface area (TPSA) is 26.3 Å². The van der Waals surface area contributed by atoms with Crippen molar-refractivity contribution in [1.29, 1.82) is 0 Å². The molecule has 0 fully saturated rings. The van der Waals surface area contributed by atoms with E-state index < -0.39 is 0 Å². The fourth-order valence-electron chi connectivity index (χ4n) is 2.57. The van der Waals surface area contributed by atoms with E-state index in [0.29, 0.717) is 17.9 Å². The van der Waals surface area contributed by atoms with E-state index in [2.05, 4.69) is 31.9 Å². The molecule has 0 radical (unpaired) electrons. The van der Waals surface area contributed by atoms with Crippen molar-refractivity contribution in [3.05, 3.63) is 104 Å². The maximum absolute atomic E-state index is 12.4. The van der Waals surface area contributed by atoms with E-state index >= 15 is 0 Å². The molecule has 0 aliphatic rings. The summed E-state index contributed by atoms with van der Waals surface area (Å²) in [6, 6.07) is 21.4. The van der Waals surface area contributed by atoms with Gasteiger partial charge >= 0.3 is 0 Å². The summed E-state index contributed by atoms with van der Waals surface area (Å²) in [6.45, 7) is 2.45. The average Bonchev–Trinajstić information content (AvgIpc) is 2.66. The standard InChI is InChI=1S/C23H18Br2O2/c1-16-7-9-18(10-8-16)22(26)12-11-19-13-20(24)14-21(25)23(19)27-15-17-5-3-2-4-6-17/h2-14H,15H2,1H3/b12-11+. The van der Waals surface area contributed by atoms with Crippen LogP contribution in [-0.2, 0) is 6.61 Å². The number of benzene rings is 3. The summed E-state index contributed by atoms with van der Waals surface area (Å²) >= 11 is 7.06. The highest BCUT2D eigenvalue weighted by Gasteiger charge is 2.10. The highest BCUT2D eigenvalue weighted by Crippen LogP contribution is 2.34. The molecule has 0 bridgehead atoms. The Morgan fingerprint density at radius 1 is 1.00 bits per heavy atom. The van der Waals surface area contributed by atoms with E-state index in [0.717, 1.165) is 25.6 Å². The van der Waals surface area contributed by atoms with Crippen molar-refractivity contribution in [1.82, 2.24) is 0 Å². The van der Waals surface area contributed by atoms with Crippen LogP contribution in [0.2, 0.25) is 0 Å². The molecule has 0 aromatic heterocycles. The number of aryl methyl sites for hydroxylation is 1. The molecule has 3 rings (SSSR count). The van der Waals surface area contributed by atoms with Crippen LogP contribution in [0, 0.1) is 6.92 Å². The number of carbonyl (C=O) groups excluding carboxylic acids is 1. The highest BCUT2D eigenvalue weighted by molar-refractivity contribution is 9.11. The predicted octanol–water partition coefficient (Wildman–Crippen LogP) is 7.00. The van der Waals surface area contributed by atoms with Gasteiger partial charge in [-0.3, -0.25) is 4.79 Å². The SMILES string of the molecule is Cc1ccc(C(=O)/C=C/c2cc(Br)cc(Br)c2OCc2ccccc2)cc1. The second-order valence-electron chi connectivity index (χ2n) is 6.14. The number of allylic oxidation sites excluding steroid dienone is 1. The summed E-state index contributed by atoms with van der Waals surface area (Å²) in [5, 5.41) is 0. The molecule has 27 heavy (non-hydrogen) atoms. The normalized spacial score (nSPS) is 10.9. The monoisotopic (exact) mass is 484 g/mol. The number of halogens is 2. The zero-order valence-electron chi connectivity index (χ0n) is 14.8. The zero-order chi connectivity index (χ0) is 19.2. The van der Waals surface area contributed by atoms with Crippen LogP contribution in [0.25, 0.3) is 6.08 Å². The van der Waals surface area contributed by atoms with E-state index in [1.165, 1.54) is 0 Å². The Balaban J connectivity index is 1.83. The number of hydrogen-bond acceptors (Lipinski definition) is 2. The molecule has 4 heteroatoms. The van der Waals surface area contributed by atoms with E-state index in [4.69, 9.17) is 4.74 Å². The maximum atomic E-state index is 12.4. The predicted molar refractivity (Wildman–Crippen MR) is 117 cm³/mol. The molecule has 0 saturated carbocycles. The lowest BCUT2D eigenvalue weighted by Gasteiger charge is -2.12. The largest absolute Gasteiger partial charge is 0.487 e. The molecule has 2 nitrogen and oxygen atoms in total. The van der Waals surface area contributed by atoms with Crippen molar-refractivity contribution in [3.63, 3.8) is 0 Å². The van der Waals surface area contributed by atoms with Gasteiger partial charge in [0, 0.05) is 15.6 Å². The van der Waals surface area contributed by atoms with Gasteiger partial charge in [-0.05, 0) is 52.7 Å². The molecule has 0 unspecified atom stereocenters. The molecule has 0 atom stereocenters. The second kappa shape index (κ2) is 9.16. The van der Waals surface area contributed by atoms with Crippen molar-refractivity contribution in [2.45, 2.75) is 13.5 Å². The molecule has 0 aliphatic carbocycles. The summed E-state index contributed by atoms with van der Waals surface area (Å²) in [4.78, 5) is 12.4. The molecule has 0 aliphatic heterocycles. The van der Waals surface area contributed by atoms with Crippen LogP contribution in [0.15, 0.2) is 81.8 Å². The average molecular weight is 486 g/mol. The lowest BCUT2D eigenvalue weighted by Crippen LogP contribution is -1.98. The summed E-state index contributed by atoms with van der Waals surface area (Å²) in [6.07, 6.45) is 3.37. The lowest BCUT2D eigenvalue weighted by atomic mass is 10.1. The van der Waals surface area contributed by atoms with Crippen LogP contribution in [0.4, 0.5) is 0 Å². The third-order valence-electron chi connectivity index (χ3n) is 4.01. The van der Waals surface area contributed by atoms with Crippen molar-refractivity contribution < 1.29 is 9.53 Å². The van der Waals surface area contributed by atoms with Crippen molar-refractivity contribution in [2.75, 3.05) is 0 Å². The molecule has 3 aromatic carbocycles. The Morgan fingerprint density at radius 3 is 2.41 bits per heavy atom. The van der Waals surface area contributed by atoms with Gasteiger partial charge in [-0.15, -0.1) is 0 Å². The molecule has 0 N–H and O–H groups in total. The molecule has 3 aromatic rings. The van der Waals surface area contributed by atoms with Gasteiger partial charge in [0.25, 0.3) is 0 Å². The fraction of sp³-hybridized carbons (Fsp3) is 0.0870. The Bertz CT molecular complexity index is 962. The first kappa shape index (κ1) is 19.6. The van der Waals surface area contributed by atoms with E-state index in [1.807, 2.05) is 73.7 Å². The van der Waals surface area contributed by atoms with Gasteiger partial charge in [0.2, 0.25) is 0 Å². The molecule has 0 amide bonds. The minimum Gasteiger partial charge on any atom is -0.487 e. The first-order chi connectivity index (χ1) is 13.0. The van der Waals surface area contributed by atoms with Crippen LogP contribution in [-0.4, -0.2) is 5.78 Å². The molecule has 0 saturated heterocycles. The molecular formula is C23H18Br2O2. The Hall–Kier alpha value is -2.17. The van der Waals surface area contributed by atoms with Gasteiger partial charge in [0.15, 0.2) is 5.78 Å². The van der Waals surface area contributed by atoms with Gasteiger partial charge in [0.05, 0.1) is 4.47 Å². The fourth-order valence-corrected chi connectivity index (χ4v) is 3.94. The Morgan fingerprint density at radius 2 is 1.70 bits per heavy atom. The van der Waals surface area contributed by atoms with E-state index in [9.17, 15) is 4.79 Å². The molecular weight excluding hydrogens is 468 g/mol.